The van der Waals surface area contributed by atoms with Gasteiger partial charge in [-0.15, -0.1) is 0 Å². The number of nitrogens with two attached hydrogens (primary N) is 1. The molecule has 2 unspecified atom stereocenters. The monoisotopic (exact) mass is 614 g/mol. The van der Waals surface area contributed by atoms with Crippen molar-refractivity contribution in [3.05, 3.63) is 65.7 Å². The second kappa shape index (κ2) is 12.7. The average molecular weight is 615 g/mol. The highest BCUT2D eigenvalue weighted by atomic mass is 32.2. The Morgan fingerprint density at radius 1 is 1.05 bits per heavy atom. The zero-order chi connectivity index (χ0) is 31.6. The van der Waals surface area contributed by atoms with Gasteiger partial charge >= 0.3 is 0 Å². The molecule has 0 bridgehead atoms. The van der Waals surface area contributed by atoms with Crippen LogP contribution in [0.25, 0.3) is 22.2 Å². The standard InChI is InChI=1S/C30H36F2N6O4S/c1-17(16-42-6)34-28-23(30(33)39)8-10-26(38(5)18(2)15-37(3)4)27(28)29-24-14-21(7-9-25(24)35-36-29)43(40,41)22-12-19(31)11-20(32)13-22/h7-14,17-18,34H,15-16H2,1-6H3,(H2,33,39)(H,35,36). The number of likely N-dealkylation sites (N-methyl/N-ethyl adjacent to an activating group) is 2. The lowest BCUT2D eigenvalue weighted by atomic mass is 9.97. The van der Waals surface area contributed by atoms with Crippen LogP contribution in [0.15, 0.2) is 58.3 Å². The molecular weight excluding hydrogens is 578 g/mol. The number of H-pyrrole nitrogens is 1. The average Bonchev–Trinajstić information content (AvgIpc) is 3.34. The van der Waals surface area contributed by atoms with E-state index in [1.54, 1.807) is 19.2 Å². The van der Waals surface area contributed by atoms with Crippen LogP contribution in [0, 0.1) is 11.6 Å². The van der Waals surface area contributed by atoms with Crippen molar-refractivity contribution in [3.63, 3.8) is 0 Å². The second-order valence-electron chi connectivity index (χ2n) is 10.9. The molecule has 3 aromatic carbocycles. The van der Waals surface area contributed by atoms with Crippen molar-refractivity contribution in [1.29, 1.82) is 0 Å². The molecule has 0 aliphatic carbocycles. The summed E-state index contributed by atoms with van der Waals surface area (Å²) in [6.07, 6.45) is 0. The SMILES string of the molecule is COCC(C)Nc1c(C(N)=O)ccc(N(C)C(C)CN(C)C)c1-c1n[nH]c2ccc(S(=O)(=O)c3cc(F)cc(F)c3)cc12. The van der Waals surface area contributed by atoms with Crippen molar-refractivity contribution >= 4 is 38.0 Å². The molecule has 10 nitrogen and oxygen atoms in total. The van der Waals surface area contributed by atoms with Gasteiger partial charge in [-0.3, -0.25) is 9.89 Å². The smallest absolute Gasteiger partial charge is 0.250 e. The number of hydrogen-bond acceptors (Lipinski definition) is 8. The summed E-state index contributed by atoms with van der Waals surface area (Å²) in [5.41, 5.74) is 8.53. The molecule has 0 saturated carbocycles. The molecular formula is C30H36F2N6O4S. The predicted molar refractivity (Wildman–Crippen MR) is 163 cm³/mol. The highest BCUT2D eigenvalue weighted by Crippen LogP contribution is 2.43. The Balaban J connectivity index is 2.01. The number of rotatable bonds is 12. The van der Waals surface area contributed by atoms with Crippen molar-refractivity contribution in [3.8, 4) is 11.3 Å². The molecule has 0 saturated heterocycles. The van der Waals surface area contributed by atoms with Gasteiger partial charge in [-0.25, -0.2) is 17.2 Å². The van der Waals surface area contributed by atoms with Crippen LogP contribution in [0.2, 0.25) is 0 Å². The minimum Gasteiger partial charge on any atom is -0.383 e. The molecule has 230 valence electrons. The molecule has 1 amide bonds. The predicted octanol–water partition coefficient (Wildman–Crippen LogP) is 4.27. The number of anilines is 2. The molecule has 43 heavy (non-hydrogen) atoms. The van der Waals surface area contributed by atoms with Crippen LogP contribution in [0.3, 0.4) is 0 Å². The Bertz CT molecular complexity index is 1740. The molecule has 4 N–H and O–H groups in total. The lowest BCUT2D eigenvalue weighted by Crippen LogP contribution is -2.38. The maximum atomic E-state index is 14.0. The topological polar surface area (TPSA) is 134 Å². The number of benzene rings is 3. The van der Waals surface area contributed by atoms with Crippen LogP contribution in [-0.2, 0) is 14.6 Å². The fourth-order valence-electron chi connectivity index (χ4n) is 5.08. The summed E-state index contributed by atoms with van der Waals surface area (Å²) in [6, 6.07) is 9.62. The molecule has 1 heterocycles. The Kier molecular flexibility index (Phi) is 9.38. The fourth-order valence-corrected chi connectivity index (χ4v) is 6.41. The fraction of sp³-hybridized carbons (Fsp3) is 0.333. The Morgan fingerprint density at radius 3 is 2.33 bits per heavy atom. The summed E-state index contributed by atoms with van der Waals surface area (Å²) in [5, 5.41) is 11.3. The van der Waals surface area contributed by atoms with Gasteiger partial charge in [0, 0.05) is 49.9 Å². The zero-order valence-corrected chi connectivity index (χ0v) is 25.7. The van der Waals surface area contributed by atoms with E-state index in [1.165, 1.54) is 18.2 Å². The molecule has 0 fully saturated rings. The van der Waals surface area contributed by atoms with Crippen LogP contribution in [0.5, 0.6) is 0 Å². The minimum absolute atomic E-state index is 0.0152. The van der Waals surface area contributed by atoms with Gasteiger partial charge in [0.25, 0.3) is 5.91 Å². The van der Waals surface area contributed by atoms with Crippen molar-refractivity contribution < 1.29 is 26.7 Å². The number of aromatic amines is 1. The van der Waals surface area contributed by atoms with E-state index >= 15 is 0 Å². The van der Waals surface area contributed by atoms with E-state index in [9.17, 15) is 22.0 Å². The van der Waals surface area contributed by atoms with Crippen LogP contribution in [-0.4, -0.2) is 82.9 Å². The molecule has 2 atom stereocenters. The number of primary amides is 1. The lowest BCUT2D eigenvalue weighted by Gasteiger charge is -2.32. The van der Waals surface area contributed by atoms with Crippen molar-refractivity contribution in [1.82, 2.24) is 15.1 Å². The maximum Gasteiger partial charge on any atom is 0.250 e. The lowest BCUT2D eigenvalue weighted by molar-refractivity contribution is 0.100. The first-order chi connectivity index (χ1) is 20.2. The third-order valence-electron chi connectivity index (χ3n) is 7.15. The second-order valence-corrected chi connectivity index (χ2v) is 12.8. The summed E-state index contributed by atoms with van der Waals surface area (Å²) in [4.78, 5) is 16.1. The number of aromatic nitrogens is 2. The van der Waals surface area contributed by atoms with Crippen LogP contribution >= 0.6 is 0 Å². The Morgan fingerprint density at radius 2 is 1.72 bits per heavy atom. The van der Waals surface area contributed by atoms with Gasteiger partial charge in [0.1, 0.15) is 17.3 Å². The minimum atomic E-state index is -4.31. The first-order valence-corrected chi connectivity index (χ1v) is 15.0. The van der Waals surface area contributed by atoms with Gasteiger partial charge in [-0.2, -0.15) is 5.10 Å². The first-order valence-electron chi connectivity index (χ1n) is 13.5. The number of nitrogens with zero attached hydrogens (tertiary/aromatic N) is 3. The first kappa shape index (κ1) is 31.9. The summed E-state index contributed by atoms with van der Waals surface area (Å²) < 4.78 is 60.2. The van der Waals surface area contributed by atoms with Gasteiger partial charge in [-0.05, 0) is 70.4 Å². The number of halogens is 2. The number of fused-ring (bicyclic) bond motifs is 1. The van der Waals surface area contributed by atoms with Crippen molar-refractivity contribution in [2.24, 2.45) is 5.73 Å². The third kappa shape index (κ3) is 6.63. The number of carbonyl (C=O) groups excluding carboxylic acids is 1. The van der Waals surface area contributed by atoms with Gasteiger partial charge < -0.3 is 25.6 Å². The van der Waals surface area contributed by atoms with Gasteiger partial charge in [0.2, 0.25) is 9.84 Å². The van der Waals surface area contributed by atoms with Gasteiger partial charge in [-0.1, -0.05) is 0 Å². The number of ether oxygens (including phenoxy) is 1. The Labute approximate surface area is 249 Å². The zero-order valence-electron chi connectivity index (χ0n) is 24.9. The quantitative estimate of drug-likeness (QED) is 0.216. The molecule has 13 heteroatoms. The van der Waals surface area contributed by atoms with Crippen molar-refractivity contribution in [2.75, 3.05) is 51.6 Å². The number of sulfone groups is 1. The van der Waals surface area contributed by atoms with Crippen molar-refractivity contribution in [2.45, 2.75) is 35.7 Å². The molecule has 0 radical (unpaired) electrons. The van der Waals surface area contributed by atoms with Crippen LogP contribution in [0.4, 0.5) is 20.2 Å². The number of amides is 1. The highest BCUT2D eigenvalue weighted by molar-refractivity contribution is 7.91. The van der Waals surface area contributed by atoms with Gasteiger partial charge in [0.15, 0.2) is 0 Å². The van der Waals surface area contributed by atoms with Crippen LogP contribution in [0.1, 0.15) is 24.2 Å². The molecule has 0 aliphatic heterocycles. The molecule has 0 aliphatic rings. The van der Waals surface area contributed by atoms with Gasteiger partial charge in [0.05, 0.1) is 38.7 Å². The van der Waals surface area contributed by atoms with E-state index in [2.05, 4.69) is 27.3 Å². The van der Waals surface area contributed by atoms with E-state index in [-0.39, 0.29) is 22.5 Å². The number of hydrogen-bond donors (Lipinski definition) is 3. The number of nitrogens with one attached hydrogen (secondary N) is 2. The number of carbonyl (C=O) groups is 1. The molecule has 1 aromatic heterocycles. The van der Waals surface area contributed by atoms with E-state index in [0.29, 0.717) is 52.8 Å². The summed E-state index contributed by atoms with van der Waals surface area (Å²) in [6.45, 7) is 4.97. The largest absolute Gasteiger partial charge is 0.383 e. The maximum absolute atomic E-state index is 14.0. The van der Waals surface area contributed by atoms with Crippen LogP contribution < -0.4 is 16.0 Å². The summed E-state index contributed by atoms with van der Waals surface area (Å²) >= 11 is 0. The molecule has 0 spiro atoms. The van der Waals surface area contributed by atoms with E-state index < -0.39 is 32.3 Å². The summed E-state index contributed by atoms with van der Waals surface area (Å²) in [7, 11) is 3.11. The normalized spacial score (nSPS) is 13.3. The van der Waals surface area contributed by atoms with E-state index in [0.717, 1.165) is 12.1 Å². The molecule has 4 aromatic rings. The molecule has 4 rings (SSSR count). The third-order valence-corrected chi connectivity index (χ3v) is 8.89. The van der Waals surface area contributed by atoms with E-state index in [4.69, 9.17) is 10.5 Å². The summed E-state index contributed by atoms with van der Waals surface area (Å²) in [5.74, 6) is -2.68. The highest BCUT2D eigenvalue weighted by Gasteiger charge is 2.27. The van der Waals surface area contributed by atoms with E-state index in [1.807, 2.05) is 33.0 Å². The number of methoxy groups -OCH3 is 1. The Hall–Kier alpha value is -4.07.